The molecule has 12 heteroatoms. The van der Waals surface area contributed by atoms with Gasteiger partial charge in [-0.3, -0.25) is 4.79 Å². The van der Waals surface area contributed by atoms with Gasteiger partial charge in [0.15, 0.2) is 5.96 Å². The number of hydrogen-bond donors (Lipinski definition) is 5. The molecule has 1 atom stereocenters. The summed E-state index contributed by atoms with van der Waals surface area (Å²) in [6.07, 6.45) is -0.0275. The number of aliphatic carboxylic acids is 1. The Morgan fingerprint density at radius 1 is 0.780 bits per heavy atom. The number of carbonyl (C=O) groups excluding carboxylic acids is 2. The van der Waals surface area contributed by atoms with Gasteiger partial charge in [0, 0.05) is 12.0 Å². The Morgan fingerprint density at radius 3 is 1.98 bits per heavy atom. The molecule has 0 heterocycles. The predicted molar refractivity (Wildman–Crippen MR) is 154 cm³/mol. The van der Waals surface area contributed by atoms with E-state index < -0.39 is 29.9 Å². The third kappa shape index (κ3) is 7.80. The molecular formula is C29H25ClN4O7. The first kappa shape index (κ1) is 30.1. The van der Waals surface area contributed by atoms with Gasteiger partial charge >= 0.3 is 17.9 Å². The average molecular weight is 577 g/mol. The maximum Gasteiger partial charge on any atom is 0.343 e. The van der Waals surface area contributed by atoms with Gasteiger partial charge in [-0.25, -0.2) is 19.4 Å². The van der Waals surface area contributed by atoms with Crippen LogP contribution in [0.4, 0.5) is 5.69 Å². The number of halogens is 1. The second-order valence-electron chi connectivity index (χ2n) is 8.77. The SMILES string of the molecule is Cl.NC(N)=Nc1ccc(C(=O)Oc2ccc3cc(C(=O)N[C@@H](Cc4ccc(C(=O)O)cc4)C(=O)O)ccc3c2)cc1. The zero-order valence-corrected chi connectivity index (χ0v) is 22.1. The van der Waals surface area contributed by atoms with Crippen LogP contribution in [0, 0.1) is 0 Å². The van der Waals surface area contributed by atoms with Gasteiger partial charge in [0.1, 0.15) is 11.8 Å². The van der Waals surface area contributed by atoms with Crippen molar-refractivity contribution in [3.8, 4) is 5.75 Å². The number of nitrogens with zero attached hydrogens (tertiary/aromatic N) is 1. The molecule has 0 aliphatic rings. The van der Waals surface area contributed by atoms with Gasteiger partial charge < -0.3 is 31.7 Å². The van der Waals surface area contributed by atoms with Crippen LogP contribution < -0.4 is 21.5 Å². The Labute approximate surface area is 239 Å². The van der Waals surface area contributed by atoms with Crippen LogP contribution in [0.25, 0.3) is 10.8 Å². The number of nitrogens with one attached hydrogen (secondary N) is 1. The monoisotopic (exact) mass is 576 g/mol. The molecular weight excluding hydrogens is 552 g/mol. The van der Waals surface area contributed by atoms with Gasteiger partial charge in [-0.1, -0.05) is 24.3 Å². The summed E-state index contributed by atoms with van der Waals surface area (Å²) < 4.78 is 5.46. The number of carbonyl (C=O) groups is 4. The number of rotatable bonds is 9. The number of ether oxygens (including phenoxy) is 1. The van der Waals surface area contributed by atoms with E-state index in [1.54, 1.807) is 42.5 Å². The number of amides is 1. The van der Waals surface area contributed by atoms with Crippen molar-refractivity contribution >= 4 is 58.6 Å². The fourth-order valence-electron chi connectivity index (χ4n) is 3.88. The van der Waals surface area contributed by atoms with E-state index >= 15 is 0 Å². The van der Waals surface area contributed by atoms with Crippen molar-refractivity contribution in [2.75, 3.05) is 0 Å². The van der Waals surface area contributed by atoms with Crippen LogP contribution >= 0.6 is 12.4 Å². The van der Waals surface area contributed by atoms with E-state index in [2.05, 4.69) is 10.3 Å². The van der Waals surface area contributed by atoms with Gasteiger partial charge in [0.2, 0.25) is 0 Å². The number of carboxylic acid groups (broad SMARTS) is 2. The highest BCUT2D eigenvalue weighted by molar-refractivity contribution is 6.00. The number of guanidine groups is 1. The molecule has 0 saturated heterocycles. The van der Waals surface area contributed by atoms with Crippen molar-refractivity contribution in [2.24, 2.45) is 16.5 Å². The maximum absolute atomic E-state index is 12.8. The molecule has 7 N–H and O–H groups in total. The summed E-state index contributed by atoms with van der Waals surface area (Å²) in [6, 6.07) is 20.4. The molecule has 11 nitrogen and oxygen atoms in total. The van der Waals surface area contributed by atoms with Crippen molar-refractivity contribution < 1.29 is 34.1 Å². The van der Waals surface area contributed by atoms with Crippen LogP contribution in [0.2, 0.25) is 0 Å². The summed E-state index contributed by atoms with van der Waals surface area (Å²) >= 11 is 0. The lowest BCUT2D eigenvalue weighted by atomic mass is 10.0. The van der Waals surface area contributed by atoms with E-state index in [0.29, 0.717) is 33.3 Å². The number of esters is 1. The summed E-state index contributed by atoms with van der Waals surface area (Å²) in [7, 11) is 0. The van der Waals surface area contributed by atoms with Crippen molar-refractivity contribution in [3.05, 3.63) is 107 Å². The Bertz CT molecular complexity index is 1630. The standard InChI is InChI=1S/C29H24N4O7.ClH/c30-29(31)32-22-10-7-18(8-11-22)28(39)40-23-12-9-19-14-21(6-5-20(19)15-23)25(34)33-24(27(37)38)13-16-1-3-17(4-2-16)26(35)36;/h1-12,14-15,24H,13H2,(H,33,34)(H,35,36)(H,37,38)(H4,30,31,32);1H/t24-;/m0./s1. The third-order valence-corrected chi connectivity index (χ3v) is 5.89. The van der Waals surface area contributed by atoms with Crippen LogP contribution in [0.5, 0.6) is 5.75 Å². The highest BCUT2D eigenvalue weighted by Crippen LogP contribution is 2.24. The fraction of sp³-hybridized carbons (Fsp3) is 0.0690. The number of hydrogen-bond acceptors (Lipinski definition) is 6. The predicted octanol–water partition coefficient (Wildman–Crippen LogP) is 3.51. The zero-order valence-electron chi connectivity index (χ0n) is 21.3. The first-order valence-electron chi connectivity index (χ1n) is 11.9. The van der Waals surface area contributed by atoms with Gasteiger partial charge in [-0.05, 0) is 77.0 Å². The van der Waals surface area contributed by atoms with Crippen LogP contribution in [-0.2, 0) is 11.2 Å². The van der Waals surface area contributed by atoms with E-state index in [1.807, 2.05) is 0 Å². The van der Waals surface area contributed by atoms with Crippen LogP contribution in [-0.4, -0.2) is 46.0 Å². The molecule has 0 saturated carbocycles. The molecule has 0 aliphatic carbocycles. The number of carboxylic acids is 2. The van der Waals surface area contributed by atoms with Crippen molar-refractivity contribution in [3.63, 3.8) is 0 Å². The quantitative estimate of drug-likeness (QED) is 0.0857. The van der Waals surface area contributed by atoms with E-state index in [0.717, 1.165) is 0 Å². The van der Waals surface area contributed by atoms with Crippen LogP contribution in [0.15, 0.2) is 89.9 Å². The summed E-state index contributed by atoms with van der Waals surface area (Å²) in [5.41, 5.74) is 12.4. The highest BCUT2D eigenvalue weighted by atomic mass is 35.5. The molecule has 4 rings (SSSR count). The summed E-state index contributed by atoms with van der Waals surface area (Å²) in [5.74, 6) is -3.29. The molecule has 0 fully saturated rings. The Hall–Kier alpha value is -5.42. The average Bonchev–Trinajstić information content (AvgIpc) is 2.92. The van der Waals surface area contributed by atoms with Gasteiger partial charge in [-0.15, -0.1) is 12.4 Å². The molecule has 0 aromatic heterocycles. The van der Waals surface area contributed by atoms with E-state index in [9.17, 15) is 24.3 Å². The first-order valence-corrected chi connectivity index (χ1v) is 11.9. The molecule has 4 aromatic rings. The lowest BCUT2D eigenvalue weighted by Crippen LogP contribution is -2.42. The zero-order chi connectivity index (χ0) is 28.8. The summed E-state index contributed by atoms with van der Waals surface area (Å²) in [6.45, 7) is 0. The second kappa shape index (κ2) is 13.1. The molecule has 41 heavy (non-hydrogen) atoms. The highest BCUT2D eigenvalue weighted by Gasteiger charge is 2.22. The molecule has 0 spiro atoms. The maximum atomic E-state index is 12.8. The number of nitrogens with two attached hydrogens (primary N) is 2. The first-order chi connectivity index (χ1) is 19.1. The molecule has 210 valence electrons. The molecule has 0 radical (unpaired) electrons. The minimum atomic E-state index is -1.23. The second-order valence-corrected chi connectivity index (χ2v) is 8.77. The fourth-order valence-corrected chi connectivity index (χ4v) is 3.88. The van der Waals surface area contributed by atoms with Crippen molar-refractivity contribution in [1.29, 1.82) is 0 Å². The van der Waals surface area contributed by atoms with Gasteiger partial charge in [-0.2, -0.15) is 0 Å². The number of aliphatic imine (C=N–C) groups is 1. The molecule has 0 bridgehead atoms. The van der Waals surface area contributed by atoms with Gasteiger partial charge in [0.05, 0.1) is 16.8 Å². The molecule has 4 aromatic carbocycles. The number of benzene rings is 4. The number of aromatic carboxylic acids is 1. The normalized spacial score (nSPS) is 11.0. The molecule has 1 amide bonds. The smallest absolute Gasteiger partial charge is 0.343 e. The minimum absolute atomic E-state index is 0. The number of fused-ring (bicyclic) bond motifs is 1. The topological polar surface area (TPSA) is 194 Å². The lowest BCUT2D eigenvalue weighted by molar-refractivity contribution is -0.139. The third-order valence-electron chi connectivity index (χ3n) is 5.89. The minimum Gasteiger partial charge on any atom is -0.480 e. The lowest BCUT2D eigenvalue weighted by Gasteiger charge is -2.15. The Morgan fingerprint density at radius 2 is 1.37 bits per heavy atom. The van der Waals surface area contributed by atoms with E-state index in [-0.39, 0.29) is 35.9 Å². The summed E-state index contributed by atoms with van der Waals surface area (Å²) in [4.78, 5) is 52.1. The summed E-state index contributed by atoms with van der Waals surface area (Å²) in [5, 5.41) is 22.5. The van der Waals surface area contributed by atoms with E-state index in [1.165, 1.54) is 42.5 Å². The van der Waals surface area contributed by atoms with Crippen LogP contribution in [0.3, 0.4) is 0 Å². The molecule has 0 unspecified atom stereocenters. The Balaban J connectivity index is 0.00000462. The van der Waals surface area contributed by atoms with Crippen LogP contribution in [0.1, 0.15) is 36.6 Å². The van der Waals surface area contributed by atoms with Crippen molar-refractivity contribution in [2.45, 2.75) is 12.5 Å². The van der Waals surface area contributed by atoms with E-state index in [4.69, 9.17) is 21.3 Å². The Kier molecular flexibility index (Phi) is 9.62. The van der Waals surface area contributed by atoms with Crippen molar-refractivity contribution in [1.82, 2.24) is 5.32 Å². The largest absolute Gasteiger partial charge is 0.480 e. The van der Waals surface area contributed by atoms with Gasteiger partial charge in [0.25, 0.3) is 5.91 Å². The molecule has 0 aliphatic heterocycles.